The number of carbonyl (C=O) groups excluding carboxylic acids is 2. The third-order valence-electron chi connectivity index (χ3n) is 2.10. The molecule has 0 unspecified atom stereocenters. The van der Waals surface area contributed by atoms with Gasteiger partial charge in [-0.1, -0.05) is 45.2 Å². The lowest BCUT2D eigenvalue weighted by atomic mass is 10.2. The average Bonchev–Trinajstić information content (AvgIpc) is 2.39. The summed E-state index contributed by atoms with van der Waals surface area (Å²) in [6.45, 7) is 0. The van der Waals surface area contributed by atoms with Gasteiger partial charge in [-0.3, -0.25) is 9.59 Å². The van der Waals surface area contributed by atoms with Crippen molar-refractivity contribution in [3.63, 3.8) is 0 Å². The molecule has 0 spiro atoms. The van der Waals surface area contributed by atoms with E-state index in [0.717, 1.165) is 4.90 Å². The number of amides is 2. The van der Waals surface area contributed by atoms with Crippen LogP contribution in [0.2, 0.25) is 0 Å². The molecule has 0 atom stereocenters. The summed E-state index contributed by atoms with van der Waals surface area (Å²) in [5.74, 6) is -1.69. The highest BCUT2D eigenvalue weighted by molar-refractivity contribution is 14.1. The molecule has 2 amide bonds. The minimum Gasteiger partial charge on any atom is -0.478 e. The molecule has 1 aromatic rings. The molecule has 0 saturated heterocycles. The number of imide groups is 1. The van der Waals surface area contributed by atoms with Gasteiger partial charge in [0.25, 0.3) is 0 Å². The molecule has 1 aromatic carbocycles. The molecular weight excluding hydrogens is 464 g/mol. The molecule has 0 saturated carbocycles. The summed E-state index contributed by atoms with van der Waals surface area (Å²) in [6.07, 6.45) is 0. The van der Waals surface area contributed by atoms with Crippen molar-refractivity contribution in [3.8, 4) is 0 Å². The summed E-state index contributed by atoms with van der Waals surface area (Å²) >= 11 is 3.76. The first-order valence-corrected chi connectivity index (χ1v) is 7.87. The van der Waals surface area contributed by atoms with Crippen molar-refractivity contribution in [3.05, 3.63) is 29.8 Å². The van der Waals surface area contributed by atoms with Crippen LogP contribution in [0.3, 0.4) is 0 Å². The number of benzene rings is 1. The molecule has 0 fully saturated rings. The average molecular weight is 473 g/mol. The molecule has 0 aliphatic carbocycles. The highest BCUT2D eigenvalue weighted by atomic mass is 127. The molecule has 18 heavy (non-hydrogen) atoms. The second-order valence-corrected chi connectivity index (χ2v) is 4.77. The zero-order valence-electron chi connectivity index (χ0n) is 9.10. The number of carbonyl (C=O) groups is 3. The van der Waals surface area contributed by atoms with Crippen LogP contribution in [0.5, 0.6) is 0 Å². The minimum absolute atomic E-state index is 0.113. The van der Waals surface area contributed by atoms with Crippen LogP contribution in [0.25, 0.3) is 0 Å². The van der Waals surface area contributed by atoms with E-state index in [-0.39, 0.29) is 26.2 Å². The van der Waals surface area contributed by atoms with Gasteiger partial charge in [-0.05, 0) is 24.3 Å². The number of rotatable bonds is 4. The molecule has 0 aromatic heterocycles. The van der Waals surface area contributed by atoms with Crippen molar-refractivity contribution in [1.82, 2.24) is 0 Å². The molecular formula is C11H9I2NO4. The fraction of sp³-hybridized carbons (Fsp3) is 0.182. The third-order valence-corrected chi connectivity index (χ3v) is 3.40. The molecule has 1 N–H and O–H groups in total. The van der Waals surface area contributed by atoms with Gasteiger partial charge < -0.3 is 5.11 Å². The molecule has 5 nitrogen and oxygen atoms in total. The van der Waals surface area contributed by atoms with Crippen molar-refractivity contribution in [1.29, 1.82) is 0 Å². The molecule has 0 radical (unpaired) electrons. The van der Waals surface area contributed by atoms with Gasteiger partial charge in [-0.15, -0.1) is 0 Å². The first-order chi connectivity index (χ1) is 8.51. The zero-order chi connectivity index (χ0) is 13.7. The Labute approximate surface area is 131 Å². The smallest absolute Gasteiger partial charge is 0.335 e. The van der Waals surface area contributed by atoms with Crippen LogP contribution in [0.4, 0.5) is 5.69 Å². The summed E-state index contributed by atoms with van der Waals surface area (Å²) in [4.78, 5) is 35.2. The summed E-state index contributed by atoms with van der Waals surface area (Å²) in [5, 5.41) is 8.78. The van der Waals surface area contributed by atoms with Gasteiger partial charge >= 0.3 is 5.97 Å². The van der Waals surface area contributed by atoms with E-state index in [1.807, 2.05) is 45.2 Å². The highest BCUT2D eigenvalue weighted by Gasteiger charge is 2.21. The Morgan fingerprint density at radius 2 is 1.44 bits per heavy atom. The van der Waals surface area contributed by atoms with Crippen LogP contribution in [0.15, 0.2) is 24.3 Å². The maximum atomic E-state index is 11.7. The van der Waals surface area contributed by atoms with E-state index < -0.39 is 5.97 Å². The van der Waals surface area contributed by atoms with Gasteiger partial charge in [0, 0.05) is 0 Å². The Morgan fingerprint density at radius 1 is 1.00 bits per heavy atom. The summed E-state index contributed by atoms with van der Waals surface area (Å²) in [5.41, 5.74) is 0.505. The Hall–Kier alpha value is -0.710. The maximum Gasteiger partial charge on any atom is 0.335 e. The molecule has 0 heterocycles. The number of hydrogen-bond donors (Lipinski definition) is 1. The van der Waals surface area contributed by atoms with Crippen LogP contribution < -0.4 is 4.90 Å². The van der Waals surface area contributed by atoms with Gasteiger partial charge in [0.05, 0.1) is 20.1 Å². The number of alkyl halides is 2. The van der Waals surface area contributed by atoms with Crippen molar-refractivity contribution < 1.29 is 19.5 Å². The van der Waals surface area contributed by atoms with E-state index in [9.17, 15) is 14.4 Å². The largest absolute Gasteiger partial charge is 0.478 e. The van der Waals surface area contributed by atoms with Crippen molar-refractivity contribution in [2.45, 2.75) is 0 Å². The number of carboxylic acid groups (broad SMARTS) is 1. The summed E-state index contributed by atoms with van der Waals surface area (Å²) < 4.78 is 0.363. The monoisotopic (exact) mass is 473 g/mol. The van der Waals surface area contributed by atoms with E-state index >= 15 is 0 Å². The van der Waals surface area contributed by atoms with Crippen LogP contribution in [-0.4, -0.2) is 31.7 Å². The first-order valence-electron chi connectivity index (χ1n) is 4.82. The number of hydrogen-bond acceptors (Lipinski definition) is 3. The predicted molar refractivity (Wildman–Crippen MR) is 83.7 cm³/mol. The lowest BCUT2D eigenvalue weighted by Gasteiger charge is -2.19. The van der Waals surface area contributed by atoms with Crippen molar-refractivity contribution >= 4 is 68.7 Å². The van der Waals surface area contributed by atoms with Crippen LogP contribution >= 0.6 is 45.2 Å². The third kappa shape index (κ3) is 3.64. The Bertz CT molecular complexity index is 456. The number of aromatic carboxylic acids is 1. The van der Waals surface area contributed by atoms with E-state index in [2.05, 4.69) is 0 Å². The quantitative estimate of drug-likeness (QED) is 0.538. The van der Waals surface area contributed by atoms with Gasteiger partial charge in [-0.2, -0.15) is 0 Å². The maximum absolute atomic E-state index is 11.7. The lowest BCUT2D eigenvalue weighted by Crippen LogP contribution is -2.38. The summed E-state index contributed by atoms with van der Waals surface area (Å²) in [7, 11) is 0. The zero-order valence-corrected chi connectivity index (χ0v) is 13.4. The summed E-state index contributed by atoms with van der Waals surface area (Å²) in [6, 6.07) is 5.65. The minimum atomic E-state index is -1.05. The molecule has 1 rings (SSSR count). The Kier molecular flexibility index (Phi) is 5.99. The second kappa shape index (κ2) is 7.02. The molecule has 0 bridgehead atoms. The second-order valence-electron chi connectivity index (χ2n) is 3.24. The molecule has 7 heteroatoms. The molecule has 96 valence electrons. The van der Waals surface area contributed by atoms with E-state index in [1.165, 1.54) is 24.3 Å². The SMILES string of the molecule is O=C(O)c1ccc(N(C(=O)CI)C(=O)CI)cc1. The number of anilines is 1. The number of nitrogens with zero attached hydrogens (tertiary/aromatic N) is 1. The topological polar surface area (TPSA) is 74.7 Å². The van der Waals surface area contributed by atoms with Crippen LogP contribution in [0.1, 0.15) is 10.4 Å². The Morgan fingerprint density at radius 3 is 1.78 bits per heavy atom. The molecule has 0 aliphatic heterocycles. The standard InChI is InChI=1S/C11H9I2NO4/c12-5-9(15)14(10(16)6-13)8-3-1-7(2-4-8)11(17)18/h1-4H,5-6H2,(H,17,18). The Balaban J connectivity index is 3.10. The lowest BCUT2D eigenvalue weighted by molar-refractivity contribution is -0.123. The van der Waals surface area contributed by atoms with Gasteiger partial charge in [0.15, 0.2) is 0 Å². The van der Waals surface area contributed by atoms with Crippen molar-refractivity contribution in [2.24, 2.45) is 0 Å². The first kappa shape index (κ1) is 15.3. The normalized spacial score (nSPS) is 9.89. The number of halogens is 2. The fourth-order valence-electron chi connectivity index (χ4n) is 1.30. The fourth-order valence-corrected chi connectivity index (χ4v) is 1.98. The van der Waals surface area contributed by atoms with Crippen LogP contribution in [-0.2, 0) is 9.59 Å². The number of carboxylic acids is 1. The van der Waals surface area contributed by atoms with E-state index in [1.54, 1.807) is 0 Å². The predicted octanol–water partition coefficient (Wildman–Crippen LogP) is 2.11. The van der Waals surface area contributed by atoms with Gasteiger partial charge in [0.1, 0.15) is 0 Å². The highest BCUT2D eigenvalue weighted by Crippen LogP contribution is 2.17. The van der Waals surface area contributed by atoms with E-state index in [0.29, 0.717) is 5.69 Å². The van der Waals surface area contributed by atoms with Crippen LogP contribution in [0, 0.1) is 0 Å². The molecule has 0 aliphatic rings. The van der Waals surface area contributed by atoms with Gasteiger partial charge in [-0.25, -0.2) is 9.69 Å². The van der Waals surface area contributed by atoms with Gasteiger partial charge in [0.2, 0.25) is 11.8 Å². The van der Waals surface area contributed by atoms with E-state index in [4.69, 9.17) is 5.11 Å². The van der Waals surface area contributed by atoms with Crippen molar-refractivity contribution in [2.75, 3.05) is 13.8 Å².